The van der Waals surface area contributed by atoms with Gasteiger partial charge in [0.15, 0.2) is 0 Å². The molecule has 30 heavy (non-hydrogen) atoms. The molecule has 0 fully saturated rings. The van der Waals surface area contributed by atoms with E-state index in [0.29, 0.717) is 22.0 Å². The molecule has 3 aromatic rings. The molecule has 0 spiro atoms. The maximum atomic E-state index is 13.0. The Morgan fingerprint density at radius 1 is 1.03 bits per heavy atom. The lowest BCUT2D eigenvalue weighted by Crippen LogP contribution is -2.13. The number of hydrogen-bond donors (Lipinski definition) is 1. The molecule has 150 valence electrons. The molecule has 0 unspecified atom stereocenters. The third-order valence-electron chi connectivity index (χ3n) is 4.05. The molecular formula is C23H15ClF2N2O2. The van der Waals surface area contributed by atoms with Crippen LogP contribution in [0, 0.1) is 23.0 Å². The van der Waals surface area contributed by atoms with Crippen molar-refractivity contribution < 1.29 is 18.3 Å². The van der Waals surface area contributed by atoms with E-state index in [-0.39, 0.29) is 18.0 Å². The Kier molecular flexibility index (Phi) is 6.79. The van der Waals surface area contributed by atoms with Gasteiger partial charge >= 0.3 is 0 Å². The van der Waals surface area contributed by atoms with Gasteiger partial charge in [0.05, 0.1) is 0 Å². The van der Waals surface area contributed by atoms with Crippen LogP contribution in [-0.4, -0.2) is 5.91 Å². The Morgan fingerprint density at radius 2 is 1.67 bits per heavy atom. The number of halogens is 3. The number of rotatable bonds is 6. The van der Waals surface area contributed by atoms with E-state index in [4.69, 9.17) is 16.3 Å². The highest BCUT2D eigenvalue weighted by Gasteiger charge is 2.12. The first kappa shape index (κ1) is 21.0. The lowest BCUT2D eigenvalue weighted by atomic mass is 10.1. The number of nitriles is 1. The number of nitrogens with zero attached hydrogens (tertiary/aromatic N) is 1. The number of amides is 1. The van der Waals surface area contributed by atoms with Crippen LogP contribution in [0.1, 0.15) is 11.1 Å². The Hall–Kier alpha value is -3.69. The van der Waals surface area contributed by atoms with Gasteiger partial charge in [-0.15, -0.1) is 0 Å². The molecule has 1 N–H and O–H groups in total. The smallest absolute Gasteiger partial charge is 0.266 e. The molecule has 1 amide bonds. The molecule has 0 aliphatic rings. The van der Waals surface area contributed by atoms with Gasteiger partial charge in [0.2, 0.25) is 0 Å². The van der Waals surface area contributed by atoms with E-state index < -0.39 is 11.7 Å². The summed E-state index contributed by atoms with van der Waals surface area (Å²) in [6, 6.07) is 17.7. The normalized spacial score (nSPS) is 10.9. The van der Waals surface area contributed by atoms with Gasteiger partial charge in [0.25, 0.3) is 5.91 Å². The van der Waals surface area contributed by atoms with Gasteiger partial charge in [0, 0.05) is 16.3 Å². The van der Waals surface area contributed by atoms with Crippen LogP contribution in [-0.2, 0) is 11.4 Å². The molecular weight excluding hydrogens is 410 g/mol. The minimum absolute atomic E-state index is 0.159. The standard InChI is InChI=1S/C23H15ClF2N2O2/c24-18-3-10-22(30-14-15-1-4-19(25)5-2-15)16(12-18)11-17(13-27)23(29)28-21-8-6-20(26)7-9-21/h1-12H,14H2,(H,28,29)/b17-11+. The highest BCUT2D eigenvalue weighted by molar-refractivity contribution is 6.30. The quantitative estimate of drug-likeness (QED) is 0.405. The summed E-state index contributed by atoms with van der Waals surface area (Å²) < 4.78 is 31.8. The number of carbonyl (C=O) groups is 1. The van der Waals surface area contributed by atoms with Crippen molar-refractivity contribution >= 4 is 29.3 Å². The first-order valence-corrected chi connectivity index (χ1v) is 9.18. The lowest BCUT2D eigenvalue weighted by molar-refractivity contribution is -0.112. The van der Waals surface area contributed by atoms with Crippen molar-refractivity contribution in [2.45, 2.75) is 6.61 Å². The van der Waals surface area contributed by atoms with E-state index in [2.05, 4.69) is 5.32 Å². The van der Waals surface area contributed by atoms with Gasteiger partial charge < -0.3 is 10.1 Å². The van der Waals surface area contributed by atoms with Gasteiger partial charge in [-0.25, -0.2) is 8.78 Å². The second-order valence-corrected chi connectivity index (χ2v) is 6.66. The van der Waals surface area contributed by atoms with Crippen molar-refractivity contribution in [2.75, 3.05) is 5.32 Å². The molecule has 0 bridgehead atoms. The zero-order valence-corrected chi connectivity index (χ0v) is 16.3. The maximum Gasteiger partial charge on any atom is 0.266 e. The Bertz CT molecular complexity index is 1120. The molecule has 0 saturated heterocycles. The summed E-state index contributed by atoms with van der Waals surface area (Å²) in [5.74, 6) is -1.05. The minimum atomic E-state index is -0.659. The maximum absolute atomic E-state index is 13.0. The first-order valence-electron chi connectivity index (χ1n) is 8.80. The zero-order chi connectivity index (χ0) is 21.5. The molecule has 7 heteroatoms. The van der Waals surface area contributed by atoms with Gasteiger partial charge in [-0.1, -0.05) is 23.7 Å². The number of anilines is 1. The summed E-state index contributed by atoms with van der Waals surface area (Å²) in [6.07, 6.45) is 1.35. The number of nitrogens with one attached hydrogen (secondary N) is 1. The zero-order valence-electron chi connectivity index (χ0n) is 15.5. The van der Waals surface area contributed by atoms with E-state index in [0.717, 1.165) is 5.56 Å². The van der Waals surface area contributed by atoms with E-state index in [1.165, 1.54) is 42.5 Å². The summed E-state index contributed by atoms with van der Waals surface area (Å²) >= 11 is 6.06. The molecule has 0 heterocycles. The predicted octanol–water partition coefficient (Wildman–Crippen LogP) is 5.74. The lowest BCUT2D eigenvalue weighted by Gasteiger charge is -2.11. The van der Waals surface area contributed by atoms with Gasteiger partial charge in [-0.3, -0.25) is 4.79 Å². The van der Waals surface area contributed by atoms with E-state index in [9.17, 15) is 18.8 Å². The Balaban J connectivity index is 1.81. The third kappa shape index (κ3) is 5.66. The first-order chi connectivity index (χ1) is 14.4. The topological polar surface area (TPSA) is 62.1 Å². The molecule has 0 aliphatic carbocycles. The molecule has 0 saturated carbocycles. The largest absolute Gasteiger partial charge is 0.488 e. The molecule has 3 rings (SSSR count). The van der Waals surface area contributed by atoms with Crippen LogP contribution in [0.15, 0.2) is 72.3 Å². The predicted molar refractivity (Wildman–Crippen MR) is 111 cm³/mol. The van der Waals surface area contributed by atoms with Crippen LogP contribution < -0.4 is 10.1 Å². The average Bonchev–Trinajstić information content (AvgIpc) is 2.74. The number of hydrogen-bond acceptors (Lipinski definition) is 3. The minimum Gasteiger partial charge on any atom is -0.488 e. The second kappa shape index (κ2) is 9.68. The highest BCUT2D eigenvalue weighted by Crippen LogP contribution is 2.26. The van der Waals surface area contributed by atoms with Gasteiger partial charge in [-0.05, 0) is 66.2 Å². The van der Waals surface area contributed by atoms with E-state index in [1.807, 2.05) is 6.07 Å². The molecule has 0 aliphatic heterocycles. The number of benzene rings is 3. The Morgan fingerprint density at radius 3 is 2.30 bits per heavy atom. The fourth-order valence-corrected chi connectivity index (χ4v) is 2.72. The highest BCUT2D eigenvalue weighted by atomic mass is 35.5. The molecule has 0 radical (unpaired) electrons. The molecule has 4 nitrogen and oxygen atoms in total. The summed E-state index contributed by atoms with van der Waals surface area (Å²) in [5.41, 5.74) is 1.33. The van der Waals surface area contributed by atoms with E-state index in [1.54, 1.807) is 30.3 Å². The number of carbonyl (C=O) groups excluding carboxylic acids is 1. The fraction of sp³-hybridized carbons (Fsp3) is 0.0435. The van der Waals surface area contributed by atoms with Crippen LogP contribution in [0.4, 0.5) is 14.5 Å². The van der Waals surface area contributed by atoms with Crippen molar-refractivity contribution in [3.8, 4) is 11.8 Å². The summed E-state index contributed by atoms with van der Waals surface area (Å²) in [4.78, 5) is 12.4. The number of ether oxygens (including phenoxy) is 1. The van der Waals surface area contributed by atoms with Crippen molar-refractivity contribution in [1.29, 1.82) is 5.26 Å². The third-order valence-corrected chi connectivity index (χ3v) is 4.28. The van der Waals surface area contributed by atoms with Crippen LogP contribution in [0.2, 0.25) is 5.02 Å². The SMILES string of the molecule is N#C/C(=C\c1cc(Cl)ccc1OCc1ccc(F)cc1)C(=O)Nc1ccc(F)cc1. The summed E-state index contributed by atoms with van der Waals surface area (Å²) in [5, 5.41) is 12.4. The van der Waals surface area contributed by atoms with Crippen molar-refractivity contribution in [3.63, 3.8) is 0 Å². The Labute approximate surface area is 177 Å². The van der Waals surface area contributed by atoms with Crippen molar-refractivity contribution in [1.82, 2.24) is 0 Å². The fourth-order valence-electron chi connectivity index (χ4n) is 2.54. The van der Waals surface area contributed by atoms with Crippen LogP contribution in [0.5, 0.6) is 5.75 Å². The van der Waals surface area contributed by atoms with Crippen LogP contribution in [0.25, 0.3) is 6.08 Å². The van der Waals surface area contributed by atoms with E-state index >= 15 is 0 Å². The average molecular weight is 425 g/mol. The van der Waals surface area contributed by atoms with Gasteiger partial charge in [0.1, 0.15) is 35.6 Å². The molecule has 0 aromatic heterocycles. The van der Waals surface area contributed by atoms with Crippen molar-refractivity contribution in [2.24, 2.45) is 0 Å². The monoisotopic (exact) mass is 424 g/mol. The second-order valence-electron chi connectivity index (χ2n) is 6.23. The summed E-state index contributed by atoms with van der Waals surface area (Å²) in [7, 11) is 0. The van der Waals surface area contributed by atoms with Crippen molar-refractivity contribution in [3.05, 3.63) is 100 Å². The molecule has 0 atom stereocenters. The van der Waals surface area contributed by atoms with Crippen LogP contribution in [0.3, 0.4) is 0 Å². The van der Waals surface area contributed by atoms with Crippen LogP contribution >= 0.6 is 11.6 Å². The van der Waals surface area contributed by atoms with Gasteiger partial charge in [-0.2, -0.15) is 5.26 Å². The molecule has 3 aromatic carbocycles. The summed E-state index contributed by atoms with van der Waals surface area (Å²) in [6.45, 7) is 0.159.